The van der Waals surface area contributed by atoms with Crippen molar-refractivity contribution in [2.45, 2.75) is 5.16 Å². The lowest BCUT2D eigenvalue weighted by Crippen LogP contribution is -2.47. The molecule has 1 aliphatic rings. The second kappa shape index (κ2) is 9.16. The summed E-state index contributed by atoms with van der Waals surface area (Å²) in [7, 11) is -2.75. The third-order valence-electron chi connectivity index (χ3n) is 7.38. The summed E-state index contributed by atoms with van der Waals surface area (Å²) < 4.78 is 0. The molecule has 0 N–H and O–H groups in total. The average Bonchev–Trinajstić information content (AvgIpc) is 2.99. The van der Waals surface area contributed by atoms with Crippen LogP contribution in [0.4, 0.5) is 0 Å². The standard InChI is InChI=1S/C34H23N2P/c35-24-31-29-20-10-12-22-32(29)34(25-36,33-23-13-11-21-30(31)33)37(26-14-4-1-5-15-26,27-16-6-2-7-17-27)28-18-8-3-9-19-28/h1-23H. The molecule has 0 fully saturated rings. The largest absolute Gasteiger partial charge is 0.763 e. The van der Waals surface area contributed by atoms with Crippen LogP contribution in [0.3, 0.4) is 0 Å². The van der Waals surface area contributed by atoms with E-state index in [1.807, 2.05) is 54.6 Å². The summed E-state index contributed by atoms with van der Waals surface area (Å²) in [5.41, 5.74) is 4.05. The molecule has 3 heteroatoms. The van der Waals surface area contributed by atoms with Crippen LogP contribution in [0.15, 0.2) is 140 Å². The summed E-state index contributed by atoms with van der Waals surface area (Å²) in [5, 5.41) is 24.2. The van der Waals surface area contributed by atoms with Crippen molar-refractivity contribution >= 4 is 34.6 Å². The normalized spacial score (nSPS) is 16.1. The van der Waals surface area contributed by atoms with E-state index in [2.05, 4.69) is 96.9 Å². The van der Waals surface area contributed by atoms with Gasteiger partial charge in [-0.3, -0.25) is 5.87 Å². The first-order chi connectivity index (χ1) is 18.3. The highest BCUT2D eigenvalue weighted by molar-refractivity contribution is 7.97. The van der Waals surface area contributed by atoms with Gasteiger partial charge in [-0.05, 0) is 47.5 Å². The lowest BCUT2D eigenvalue weighted by atomic mass is 9.75. The highest BCUT2D eigenvalue weighted by atomic mass is 31.2. The fourth-order valence-corrected chi connectivity index (χ4v) is 11.2. The molecule has 0 amide bonds. The van der Waals surface area contributed by atoms with Gasteiger partial charge in [0.2, 0.25) is 5.16 Å². The van der Waals surface area contributed by atoms with Gasteiger partial charge in [0.1, 0.15) is 29.2 Å². The van der Waals surface area contributed by atoms with Crippen molar-refractivity contribution < 1.29 is 0 Å². The molecule has 174 valence electrons. The predicted molar refractivity (Wildman–Crippen MR) is 155 cm³/mol. The number of hydrogen-bond acceptors (Lipinski definition) is 1. The first-order valence-corrected chi connectivity index (χ1v) is 14.0. The Morgan fingerprint density at radius 3 is 1.22 bits per heavy atom. The van der Waals surface area contributed by atoms with Crippen LogP contribution in [0.5, 0.6) is 0 Å². The molecule has 0 aromatic heterocycles. The van der Waals surface area contributed by atoms with Gasteiger partial charge in [0, 0.05) is 16.7 Å². The molecule has 0 unspecified atom stereocenters. The number of nitrogens with zero attached hydrogens (tertiary/aromatic N) is 2. The summed E-state index contributed by atoms with van der Waals surface area (Å²) in [6.45, 7) is 0. The third kappa shape index (κ3) is 3.13. The quantitative estimate of drug-likeness (QED) is 0.211. The molecular weight excluding hydrogens is 467 g/mol. The zero-order chi connectivity index (χ0) is 25.3. The third-order valence-corrected chi connectivity index (χ3v) is 12.2. The Morgan fingerprint density at radius 1 is 0.514 bits per heavy atom. The van der Waals surface area contributed by atoms with Gasteiger partial charge in [0.15, 0.2) is 0 Å². The smallest absolute Gasteiger partial charge is 0.229 e. The molecule has 0 bridgehead atoms. The number of fused-ring (bicyclic) bond motifs is 2. The molecule has 0 heterocycles. The van der Waals surface area contributed by atoms with Crippen LogP contribution >= 0.6 is 7.26 Å². The molecule has 1 aliphatic carbocycles. The van der Waals surface area contributed by atoms with Crippen molar-refractivity contribution in [3.8, 4) is 6.07 Å². The summed E-state index contributed by atoms with van der Waals surface area (Å²) in [4.78, 5) is 0. The van der Waals surface area contributed by atoms with Gasteiger partial charge in [-0.2, -0.15) is 5.26 Å². The highest BCUT2D eigenvalue weighted by Gasteiger charge is 2.67. The second-order valence-electron chi connectivity index (χ2n) is 9.08. The highest BCUT2D eigenvalue weighted by Crippen LogP contribution is 2.74. The van der Waals surface area contributed by atoms with Crippen LogP contribution in [0, 0.1) is 11.3 Å². The summed E-state index contributed by atoms with van der Waals surface area (Å²) in [6, 6.07) is 50.4. The zero-order valence-corrected chi connectivity index (χ0v) is 21.0. The fraction of sp³-hybridized carbons (Fsp3) is 0.0294. The van der Waals surface area contributed by atoms with E-state index in [0.29, 0.717) is 5.57 Å². The van der Waals surface area contributed by atoms with Gasteiger partial charge in [-0.25, -0.2) is 0 Å². The number of hydrogen-bond donors (Lipinski definition) is 0. The van der Waals surface area contributed by atoms with Gasteiger partial charge in [-0.15, -0.1) is 0 Å². The van der Waals surface area contributed by atoms with Crippen LogP contribution in [-0.4, -0.2) is 5.87 Å². The zero-order valence-electron chi connectivity index (χ0n) is 20.1. The molecule has 0 aliphatic heterocycles. The lowest BCUT2D eigenvalue weighted by molar-refractivity contribution is 0.912. The first-order valence-electron chi connectivity index (χ1n) is 12.2. The monoisotopic (exact) mass is 490 g/mol. The van der Waals surface area contributed by atoms with E-state index in [4.69, 9.17) is 0 Å². The van der Waals surface area contributed by atoms with Crippen molar-refractivity contribution in [1.29, 1.82) is 5.26 Å². The first kappa shape index (κ1) is 22.9. The predicted octanol–water partition coefficient (Wildman–Crippen LogP) is 6.43. The maximum Gasteiger partial charge on any atom is 0.229 e. The summed E-state index contributed by atoms with van der Waals surface area (Å²) >= 11 is 0. The minimum absolute atomic E-state index is 0.615. The molecular formula is C34H23N2P. The Labute approximate surface area is 218 Å². The fourth-order valence-electron chi connectivity index (χ4n) is 5.98. The van der Waals surface area contributed by atoms with Crippen LogP contribution in [-0.2, 0) is 5.16 Å². The van der Waals surface area contributed by atoms with Gasteiger partial charge < -0.3 is 5.41 Å². The van der Waals surface area contributed by atoms with E-state index in [9.17, 15) is 10.7 Å². The van der Waals surface area contributed by atoms with E-state index >= 15 is 0 Å². The summed E-state index contributed by atoms with van der Waals surface area (Å²) in [6.07, 6.45) is 0. The van der Waals surface area contributed by atoms with Crippen LogP contribution in [0.1, 0.15) is 22.3 Å². The van der Waals surface area contributed by atoms with Crippen molar-refractivity contribution in [2.24, 2.45) is 0 Å². The van der Waals surface area contributed by atoms with Gasteiger partial charge in [0.25, 0.3) is 0 Å². The van der Waals surface area contributed by atoms with E-state index in [1.54, 1.807) is 0 Å². The van der Waals surface area contributed by atoms with E-state index in [0.717, 1.165) is 38.2 Å². The lowest BCUT2D eigenvalue weighted by Gasteiger charge is -2.44. The molecule has 5 aromatic rings. The number of nitriles is 1. The van der Waals surface area contributed by atoms with Crippen LogP contribution in [0.25, 0.3) is 11.0 Å². The van der Waals surface area contributed by atoms with Crippen molar-refractivity contribution in [1.82, 2.24) is 0 Å². The van der Waals surface area contributed by atoms with Gasteiger partial charge >= 0.3 is 0 Å². The maximum absolute atomic E-state index is 11.6. The minimum Gasteiger partial charge on any atom is -0.763 e. The Hall–Kier alpha value is -4.53. The van der Waals surface area contributed by atoms with Crippen LogP contribution in [0.2, 0.25) is 0 Å². The molecule has 0 atom stereocenters. The van der Waals surface area contributed by atoms with Crippen molar-refractivity contribution in [2.75, 3.05) is 0 Å². The van der Waals surface area contributed by atoms with E-state index in [-0.39, 0.29) is 0 Å². The minimum atomic E-state index is -2.75. The Morgan fingerprint density at radius 2 is 0.865 bits per heavy atom. The SMILES string of the molecule is N#CC1([P+](c2ccccc2)(c2ccccc2)c2ccccc2)c2ccccc2C(=C=[N-])c2ccccc21. The number of benzene rings is 5. The van der Waals surface area contributed by atoms with Crippen molar-refractivity contribution in [3.05, 3.63) is 167 Å². The molecule has 6 rings (SSSR count). The second-order valence-corrected chi connectivity index (χ2v) is 12.6. The van der Waals surface area contributed by atoms with Crippen LogP contribution < -0.4 is 15.9 Å². The van der Waals surface area contributed by atoms with Gasteiger partial charge in [-0.1, -0.05) is 103 Å². The van der Waals surface area contributed by atoms with Gasteiger partial charge in [0.05, 0.1) is 0 Å². The average molecular weight is 491 g/mol. The Kier molecular flexibility index (Phi) is 5.67. The molecule has 0 saturated heterocycles. The Bertz CT molecular complexity index is 1530. The molecule has 0 radical (unpaired) electrons. The van der Waals surface area contributed by atoms with E-state index < -0.39 is 12.4 Å². The number of rotatable bonds is 4. The molecule has 2 nitrogen and oxygen atoms in total. The molecule has 5 aromatic carbocycles. The van der Waals surface area contributed by atoms with E-state index in [1.165, 1.54) is 0 Å². The topological polar surface area (TPSA) is 46.1 Å². The summed E-state index contributed by atoms with van der Waals surface area (Å²) in [5.74, 6) is 2.47. The maximum atomic E-state index is 11.6. The van der Waals surface area contributed by atoms with Crippen molar-refractivity contribution in [3.63, 3.8) is 0 Å². The molecule has 37 heavy (non-hydrogen) atoms. The Balaban J connectivity index is 1.92. The molecule has 0 spiro atoms. The molecule has 0 saturated carbocycles.